The van der Waals surface area contributed by atoms with E-state index in [-0.39, 0.29) is 12.5 Å². The van der Waals surface area contributed by atoms with E-state index in [1.807, 2.05) is 0 Å². The normalized spacial score (nSPS) is 23.4. The maximum absolute atomic E-state index is 13.6. The molecule has 1 amide bonds. The van der Waals surface area contributed by atoms with Gasteiger partial charge in [0.2, 0.25) is 0 Å². The van der Waals surface area contributed by atoms with Crippen LogP contribution in [0.2, 0.25) is 0 Å². The molecule has 5 heteroatoms. The lowest BCUT2D eigenvalue weighted by atomic mass is 10.0. The summed E-state index contributed by atoms with van der Waals surface area (Å²) in [6.45, 7) is 1.01. The Bertz CT molecular complexity index is 425. The number of alkyl halides is 1. The predicted octanol–water partition coefficient (Wildman–Crippen LogP) is 1.12. The molecular weight excluding hydrogens is 235 g/mol. The number of halogens is 1. The van der Waals surface area contributed by atoms with Crippen molar-refractivity contribution in [2.24, 2.45) is 0 Å². The molecule has 18 heavy (non-hydrogen) atoms. The largest absolute Gasteiger partial charge is 0.496 e. The number of piperidine rings is 1. The molecule has 2 N–H and O–H groups in total. The summed E-state index contributed by atoms with van der Waals surface area (Å²) < 4.78 is 18.7. The standard InChI is InChI=1S/C13H17FN2O2/c1-18-12-5-3-2-4-9(12)13(17)16-11-6-7-15-8-10(11)14/h2-5,10-11,15H,6-8H2,1H3,(H,16,17). The van der Waals surface area contributed by atoms with Crippen LogP contribution in [0.5, 0.6) is 5.75 Å². The van der Waals surface area contributed by atoms with Crippen molar-refractivity contribution in [2.75, 3.05) is 20.2 Å². The van der Waals surface area contributed by atoms with Gasteiger partial charge in [0.1, 0.15) is 11.9 Å². The smallest absolute Gasteiger partial charge is 0.255 e. The molecule has 1 aliphatic heterocycles. The lowest BCUT2D eigenvalue weighted by Gasteiger charge is -2.27. The second-order valence-electron chi connectivity index (χ2n) is 4.29. The summed E-state index contributed by atoms with van der Waals surface area (Å²) in [7, 11) is 1.51. The van der Waals surface area contributed by atoms with E-state index in [1.165, 1.54) is 7.11 Å². The lowest BCUT2D eigenvalue weighted by Crippen LogP contribution is -2.50. The van der Waals surface area contributed by atoms with Crippen molar-refractivity contribution in [1.29, 1.82) is 0 Å². The third-order valence-electron chi connectivity index (χ3n) is 3.08. The molecule has 1 aliphatic rings. The molecule has 1 heterocycles. The molecule has 0 aliphatic carbocycles. The van der Waals surface area contributed by atoms with Crippen LogP contribution in [0.15, 0.2) is 24.3 Å². The number of rotatable bonds is 3. The highest BCUT2D eigenvalue weighted by Gasteiger charge is 2.26. The zero-order chi connectivity index (χ0) is 13.0. The van der Waals surface area contributed by atoms with Gasteiger partial charge in [0.25, 0.3) is 5.91 Å². The van der Waals surface area contributed by atoms with Gasteiger partial charge in [0.05, 0.1) is 18.7 Å². The van der Waals surface area contributed by atoms with Crippen molar-refractivity contribution in [3.63, 3.8) is 0 Å². The van der Waals surface area contributed by atoms with Gasteiger partial charge in [-0.2, -0.15) is 0 Å². The van der Waals surface area contributed by atoms with Gasteiger partial charge in [0, 0.05) is 6.54 Å². The number of carbonyl (C=O) groups is 1. The summed E-state index contributed by atoms with van der Waals surface area (Å²) in [6.07, 6.45) is -0.445. The maximum Gasteiger partial charge on any atom is 0.255 e. The first-order valence-corrected chi connectivity index (χ1v) is 6.01. The fourth-order valence-corrected chi connectivity index (χ4v) is 2.06. The van der Waals surface area contributed by atoms with Crippen LogP contribution in [0.3, 0.4) is 0 Å². The summed E-state index contributed by atoms with van der Waals surface area (Å²) in [4.78, 5) is 12.1. The van der Waals surface area contributed by atoms with Crippen molar-refractivity contribution in [1.82, 2.24) is 10.6 Å². The zero-order valence-corrected chi connectivity index (χ0v) is 10.3. The molecule has 0 radical (unpaired) electrons. The Morgan fingerprint density at radius 3 is 3.00 bits per heavy atom. The Hall–Kier alpha value is -1.62. The molecule has 2 unspecified atom stereocenters. The van der Waals surface area contributed by atoms with Gasteiger partial charge in [-0.25, -0.2) is 4.39 Å². The minimum Gasteiger partial charge on any atom is -0.496 e. The van der Waals surface area contributed by atoms with Crippen LogP contribution in [0, 0.1) is 0 Å². The highest BCUT2D eigenvalue weighted by Crippen LogP contribution is 2.18. The summed E-state index contributed by atoms with van der Waals surface area (Å²) in [5.41, 5.74) is 0.436. The number of para-hydroxylation sites is 1. The quantitative estimate of drug-likeness (QED) is 0.847. The van der Waals surface area contributed by atoms with Crippen molar-refractivity contribution < 1.29 is 13.9 Å². The third kappa shape index (κ3) is 2.79. The average molecular weight is 252 g/mol. The number of amides is 1. The van der Waals surface area contributed by atoms with E-state index < -0.39 is 12.2 Å². The van der Waals surface area contributed by atoms with Gasteiger partial charge >= 0.3 is 0 Å². The first-order chi connectivity index (χ1) is 8.72. The minimum atomic E-state index is -1.04. The fraction of sp³-hybridized carbons (Fsp3) is 0.462. The number of carbonyl (C=O) groups excluding carboxylic acids is 1. The van der Waals surface area contributed by atoms with Gasteiger partial charge in [-0.15, -0.1) is 0 Å². The lowest BCUT2D eigenvalue weighted by molar-refractivity contribution is 0.0889. The SMILES string of the molecule is COc1ccccc1C(=O)NC1CCNCC1F. The Morgan fingerprint density at radius 1 is 1.50 bits per heavy atom. The van der Waals surface area contributed by atoms with Gasteiger partial charge < -0.3 is 15.4 Å². The fourth-order valence-electron chi connectivity index (χ4n) is 2.06. The molecule has 0 aromatic heterocycles. The second kappa shape index (κ2) is 5.82. The third-order valence-corrected chi connectivity index (χ3v) is 3.08. The molecule has 98 valence electrons. The van der Waals surface area contributed by atoms with E-state index in [0.29, 0.717) is 17.7 Å². The second-order valence-corrected chi connectivity index (χ2v) is 4.29. The van der Waals surface area contributed by atoms with Crippen molar-refractivity contribution in [3.8, 4) is 5.75 Å². The highest BCUT2D eigenvalue weighted by molar-refractivity contribution is 5.97. The minimum absolute atomic E-state index is 0.289. The number of nitrogens with one attached hydrogen (secondary N) is 2. The number of ether oxygens (including phenoxy) is 1. The predicted molar refractivity (Wildman–Crippen MR) is 66.6 cm³/mol. The molecule has 2 rings (SSSR count). The van der Waals surface area contributed by atoms with Crippen LogP contribution in [-0.2, 0) is 0 Å². The van der Waals surface area contributed by atoms with Crippen LogP contribution in [0.25, 0.3) is 0 Å². The van der Waals surface area contributed by atoms with Crippen molar-refractivity contribution in [2.45, 2.75) is 18.6 Å². The monoisotopic (exact) mass is 252 g/mol. The number of hydrogen-bond acceptors (Lipinski definition) is 3. The van der Waals surface area contributed by atoms with Gasteiger partial charge in [-0.3, -0.25) is 4.79 Å². The van der Waals surface area contributed by atoms with Crippen LogP contribution < -0.4 is 15.4 Å². The van der Waals surface area contributed by atoms with Crippen molar-refractivity contribution >= 4 is 5.91 Å². The summed E-state index contributed by atoms with van der Waals surface area (Å²) >= 11 is 0. The van der Waals surface area contributed by atoms with E-state index in [2.05, 4.69) is 10.6 Å². The molecule has 1 saturated heterocycles. The zero-order valence-electron chi connectivity index (χ0n) is 10.3. The number of hydrogen-bond donors (Lipinski definition) is 2. The first kappa shape index (κ1) is 12.8. The van der Waals surface area contributed by atoms with E-state index >= 15 is 0 Å². The molecule has 1 aromatic carbocycles. The average Bonchev–Trinajstić information content (AvgIpc) is 2.41. The Labute approximate surface area is 106 Å². The van der Waals surface area contributed by atoms with E-state index in [4.69, 9.17) is 4.74 Å². The molecule has 1 fully saturated rings. The number of methoxy groups -OCH3 is 1. The van der Waals surface area contributed by atoms with E-state index in [1.54, 1.807) is 24.3 Å². The Balaban J connectivity index is 2.07. The molecule has 0 saturated carbocycles. The highest BCUT2D eigenvalue weighted by atomic mass is 19.1. The molecular formula is C13H17FN2O2. The number of benzene rings is 1. The molecule has 4 nitrogen and oxygen atoms in total. The topological polar surface area (TPSA) is 50.4 Å². The van der Waals surface area contributed by atoms with Gasteiger partial charge in [0.15, 0.2) is 0 Å². The van der Waals surface area contributed by atoms with Gasteiger partial charge in [-0.05, 0) is 25.1 Å². The van der Waals surface area contributed by atoms with Crippen molar-refractivity contribution in [3.05, 3.63) is 29.8 Å². The van der Waals surface area contributed by atoms with E-state index in [0.717, 1.165) is 6.54 Å². The van der Waals surface area contributed by atoms with Crippen LogP contribution in [0.1, 0.15) is 16.8 Å². The maximum atomic E-state index is 13.6. The Kier molecular flexibility index (Phi) is 4.15. The molecule has 1 aromatic rings. The van der Waals surface area contributed by atoms with Crippen LogP contribution in [0.4, 0.5) is 4.39 Å². The Morgan fingerprint density at radius 2 is 2.28 bits per heavy atom. The van der Waals surface area contributed by atoms with E-state index in [9.17, 15) is 9.18 Å². The first-order valence-electron chi connectivity index (χ1n) is 6.01. The van der Waals surface area contributed by atoms with Crippen LogP contribution >= 0.6 is 0 Å². The summed E-state index contributed by atoms with van der Waals surface area (Å²) in [5.74, 6) is 0.210. The van der Waals surface area contributed by atoms with Gasteiger partial charge in [-0.1, -0.05) is 12.1 Å². The summed E-state index contributed by atoms with van der Waals surface area (Å²) in [6, 6.07) is 6.50. The summed E-state index contributed by atoms with van der Waals surface area (Å²) in [5, 5.41) is 5.67. The molecule has 0 bridgehead atoms. The van der Waals surface area contributed by atoms with Crippen LogP contribution in [-0.4, -0.2) is 38.3 Å². The molecule has 2 atom stereocenters. The molecule has 0 spiro atoms.